The van der Waals surface area contributed by atoms with Crippen LogP contribution in [0.4, 0.5) is 22.0 Å². The van der Waals surface area contributed by atoms with E-state index in [1.165, 1.54) is 6.07 Å². The minimum atomic E-state index is -4.37. The zero-order valence-electron chi connectivity index (χ0n) is 11.4. The van der Waals surface area contributed by atoms with Gasteiger partial charge in [0.25, 0.3) is 0 Å². The van der Waals surface area contributed by atoms with E-state index in [9.17, 15) is 22.0 Å². The van der Waals surface area contributed by atoms with Crippen molar-refractivity contribution in [2.24, 2.45) is 5.92 Å². The number of benzene rings is 1. The van der Waals surface area contributed by atoms with Crippen LogP contribution in [-0.2, 0) is 6.18 Å². The van der Waals surface area contributed by atoms with Crippen molar-refractivity contribution in [3.05, 3.63) is 34.9 Å². The largest absolute Gasteiger partial charge is 0.416 e. The highest BCUT2D eigenvalue weighted by Gasteiger charge is 2.40. The van der Waals surface area contributed by atoms with Gasteiger partial charge in [0.15, 0.2) is 0 Å². The third kappa shape index (κ3) is 3.13. The molecule has 0 N–H and O–H groups in total. The fourth-order valence-corrected chi connectivity index (χ4v) is 3.10. The third-order valence-electron chi connectivity index (χ3n) is 4.13. The minimum Gasteiger partial charge on any atom is -0.207 e. The van der Waals surface area contributed by atoms with E-state index in [1.807, 2.05) is 0 Å². The lowest BCUT2D eigenvalue weighted by Crippen LogP contribution is -2.30. The van der Waals surface area contributed by atoms with E-state index >= 15 is 0 Å². The molecule has 0 spiro atoms. The maximum absolute atomic E-state index is 13.3. The average molecular weight is 292 g/mol. The van der Waals surface area contributed by atoms with Gasteiger partial charge >= 0.3 is 6.18 Å². The van der Waals surface area contributed by atoms with E-state index in [2.05, 4.69) is 0 Å². The summed E-state index contributed by atoms with van der Waals surface area (Å²) in [6, 6.07) is 3.60. The maximum Gasteiger partial charge on any atom is 0.416 e. The highest BCUT2D eigenvalue weighted by molar-refractivity contribution is 5.35. The van der Waals surface area contributed by atoms with Gasteiger partial charge in [0.05, 0.1) is 5.56 Å². The highest BCUT2D eigenvalue weighted by Crippen LogP contribution is 2.45. The Labute approximate surface area is 115 Å². The molecule has 20 heavy (non-hydrogen) atoms. The molecule has 1 aromatic carbocycles. The second-order valence-corrected chi connectivity index (χ2v) is 5.75. The Morgan fingerprint density at radius 2 is 1.85 bits per heavy atom. The first kappa shape index (κ1) is 15.3. The van der Waals surface area contributed by atoms with Crippen LogP contribution in [0.1, 0.15) is 48.8 Å². The summed E-state index contributed by atoms with van der Waals surface area (Å²) in [5, 5.41) is 0. The van der Waals surface area contributed by atoms with Crippen LogP contribution >= 0.6 is 0 Å². The fraction of sp³-hybridized carbons (Fsp3) is 0.600. The predicted octanol–water partition coefficient (Wildman–Crippen LogP) is 5.55. The number of hydrogen-bond donors (Lipinski definition) is 0. The summed E-state index contributed by atoms with van der Waals surface area (Å²) in [5.74, 6) is -2.96. The lowest BCUT2D eigenvalue weighted by Gasteiger charge is -2.35. The summed E-state index contributed by atoms with van der Waals surface area (Å²) < 4.78 is 64.5. The lowest BCUT2D eigenvalue weighted by atomic mass is 9.73. The van der Waals surface area contributed by atoms with Crippen LogP contribution in [0.15, 0.2) is 18.2 Å². The SMILES string of the molecule is Cc1cc(C(F)(F)F)ccc1C1CCC(F)(F)CC1C. The molecular weight excluding hydrogens is 275 g/mol. The molecule has 2 rings (SSSR count). The number of aryl methyl sites for hydroxylation is 1. The number of rotatable bonds is 1. The van der Waals surface area contributed by atoms with Gasteiger partial charge in [0, 0.05) is 12.8 Å². The van der Waals surface area contributed by atoms with Crippen molar-refractivity contribution in [2.45, 2.75) is 51.1 Å². The highest BCUT2D eigenvalue weighted by atomic mass is 19.4. The van der Waals surface area contributed by atoms with Crippen molar-refractivity contribution in [3.63, 3.8) is 0 Å². The Hall–Kier alpha value is -1.13. The summed E-state index contributed by atoms with van der Waals surface area (Å²) >= 11 is 0. The van der Waals surface area contributed by atoms with E-state index in [4.69, 9.17) is 0 Å². The Morgan fingerprint density at radius 3 is 2.35 bits per heavy atom. The molecule has 0 heterocycles. The van der Waals surface area contributed by atoms with Crippen LogP contribution in [0.25, 0.3) is 0 Å². The molecule has 1 aliphatic rings. The van der Waals surface area contributed by atoms with Crippen LogP contribution in [0.5, 0.6) is 0 Å². The van der Waals surface area contributed by atoms with Gasteiger partial charge in [-0.25, -0.2) is 8.78 Å². The monoisotopic (exact) mass is 292 g/mol. The number of halogens is 5. The molecule has 2 atom stereocenters. The minimum absolute atomic E-state index is 0.0862. The summed E-state index contributed by atoms with van der Waals surface area (Å²) in [4.78, 5) is 0. The number of hydrogen-bond acceptors (Lipinski definition) is 0. The summed E-state index contributed by atoms with van der Waals surface area (Å²) in [6.07, 6.45) is -4.44. The van der Waals surface area contributed by atoms with Crippen molar-refractivity contribution >= 4 is 0 Å². The third-order valence-corrected chi connectivity index (χ3v) is 4.13. The summed E-state index contributed by atoms with van der Waals surface area (Å²) in [7, 11) is 0. The Morgan fingerprint density at radius 1 is 1.20 bits per heavy atom. The zero-order valence-corrected chi connectivity index (χ0v) is 11.4. The molecule has 2 unspecified atom stereocenters. The van der Waals surface area contributed by atoms with Crippen LogP contribution in [0, 0.1) is 12.8 Å². The van der Waals surface area contributed by atoms with Crippen molar-refractivity contribution in [1.82, 2.24) is 0 Å². The van der Waals surface area contributed by atoms with E-state index in [0.29, 0.717) is 12.0 Å². The molecule has 5 heteroatoms. The van der Waals surface area contributed by atoms with Crippen LogP contribution in [-0.4, -0.2) is 5.92 Å². The molecule has 0 saturated heterocycles. The number of alkyl halides is 5. The van der Waals surface area contributed by atoms with Gasteiger partial charge in [0.2, 0.25) is 5.92 Å². The molecule has 1 aliphatic carbocycles. The average Bonchev–Trinajstić information content (AvgIpc) is 2.27. The quantitative estimate of drug-likeness (QED) is 0.595. The van der Waals surface area contributed by atoms with Gasteiger partial charge in [-0.15, -0.1) is 0 Å². The first-order valence-corrected chi connectivity index (χ1v) is 6.66. The molecule has 1 fully saturated rings. The van der Waals surface area contributed by atoms with Gasteiger partial charge in [-0.3, -0.25) is 0 Å². The smallest absolute Gasteiger partial charge is 0.207 e. The fourth-order valence-electron chi connectivity index (χ4n) is 3.10. The topological polar surface area (TPSA) is 0 Å². The van der Waals surface area contributed by atoms with Crippen LogP contribution in [0.3, 0.4) is 0 Å². The molecule has 112 valence electrons. The van der Waals surface area contributed by atoms with Crippen molar-refractivity contribution < 1.29 is 22.0 Å². The first-order valence-electron chi connectivity index (χ1n) is 6.66. The standard InChI is InChI=1S/C15H17F5/c1-9-7-11(15(18,19)20)3-4-12(9)13-5-6-14(16,17)8-10(13)2/h3-4,7,10,13H,5-6,8H2,1-2H3. The molecule has 0 nitrogen and oxygen atoms in total. The van der Waals surface area contributed by atoms with Crippen molar-refractivity contribution in [3.8, 4) is 0 Å². The van der Waals surface area contributed by atoms with Gasteiger partial charge in [-0.1, -0.05) is 13.0 Å². The van der Waals surface area contributed by atoms with E-state index in [-0.39, 0.29) is 24.7 Å². The molecular formula is C15H17F5. The molecule has 1 saturated carbocycles. The second kappa shape index (κ2) is 5.01. The molecule has 0 radical (unpaired) electrons. The van der Waals surface area contributed by atoms with E-state index < -0.39 is 17.7 Å². The van der Waals surface area contributed by atoms with Crippen molar-refractivity contribution in [2.75, 3.05) is 0 Å². The molecule has 0 bridgehead atoms. The van der Waals surface area contributed by atoms with Crippen LogP contribution < -0.4 is 0 Å². The first-order chi connectivity index (χ1) is 9.10. The van der Waals surface area contributed by atoms with Gasteiger partial charge in [0.1, 0.15) is 0 Å². The Balaban J connectivity index is 2.26. The van der Waals surface area contributed by atoms with E-state index in [1.54, 1.807) is 13.8 Å². The van der Waals surface area contributed by atoms with Gasteiger partial charge in [-0.2, -0.15) is 13.2 Å². The predicted molar refractivity (Wildman–Crippen MR) is 66.9 cm³/mol. The van der Waals surface area contributed by atoms with E-state index in [0.717, 1.165) is 17.7 Å². The Kier molecular flexibility index (Phi) is 3.82. The van der Waals surface area contributed by atoms with Gasteiger partial charge in [-0.05, 0) is 48.4 Å². The normalized spacial score (nSPS) is 26.6. The van der Waals surface area contributed by atoms with Gasteiger partial charge < -0.3 is 0 Å². The summed E-state index contributed by atoms with van der Waals surface area (Å²) in [5.41, 5.74) is 0.607. The summed E-state index contributed by atoms with van der Waals surface area (Å²) in [6.45, 7) is 3.36. The molecule has 0 amide bonds. The second-order valence-electron chi connectivity index (χ2n) is 5.75. The molecule has 0 aliphatic heterocycles. The molecule has 0 aromatic heterocycles. The maximum atomic E-state index is 13.3. The van der Waals surface area contributed by atoms with Crippen LogP contribution in [0.2, 0.25) is 0 Å². The Bertz CT molecular complexity index is 490. The molecule has 1 aromatic rings. The zero-order chi connectivity index (χ0) is 15.1. The van der Waals surface area contributed by atoms with Crippen molar-refractivity contribution in [1.29, 1.82) is 0 Å². The lowest BCUT2D eigenvalue weighted by molar-refractivity contribution is -0.137.